The van der Waals surface area contributed by atoms with Crippen LogP contribution in [0.3, 0.4) is 0 Å². The number of hydrogen-bond donors (Lipinski definition) is 1. The molecule has 21 heavy (non-hydrogen) atoms. The van der Waals surface area contributed by atoms with Gasteiger partial charge in [-0.25, -0.2) is 0 Å². The Bertz CT molecular complexity index is 550. The summed E-state index contributed by atoms with van der Waals surface area (Å²) < 4.78 is 5.57. The largest absolute Gasteiger partial charge is 0.395 e. The average Bonchev–Trinajstić information content (AvgIpc) is 3.09. The van der Waals surface area contributed by atoms with E-state index in [4.69, 9.17) is 9.84 Å². The number of aryl methyl sites for hydroxylation is 1. The first-order valence-corrected chi connectivity index (χ1v) is 8.00. The molecule has 0 aromatic carbocycles. The fraction of sp³-hybridized carbons (Fsp3) is 0.562. The smallest absolute Gasteiger partial charge is 0.263 e. The fourth-order valence-electron chi connectivity index (χ4n) is 2.28. The minimum absolute atomic E-state index is 0.0220. The highest BCUT2D eigenvalue weighted by atomic mass is 32.1. The quantitative estimate of drug-likeness (QED) is 0.866. The van der Waals surface area contributed by atoms with Crippen LogP contribution >= 0.6 is 11.3 Å². The Labute approximate surface area is 129 Å². The third-order valence-corrected chi connectivity index (χ3v) is 4.56. The lowest BCUT2D eigenvalue weighted by atomic mass is 10.2. The van der Waals surface area contributed by atoms with Crippen molar-refractivity contribution in [3.05, 3.63) is 21.4 Å². The van der Waals surface area contributed by atoms with E-state index in [-0.39, 0.29) is 18.6 Å². The van der Waals surface area contributed by atoms with E-state index in [0.29, 0.717) is 17.8 Å². The van der Waals surface area contributed by atoms with E-state index < -0.39 is 0 Å². The molecule has 1 aromatic heterocycles. The van der Waals surface area contributed by atoms with Crippen molar-refractivity contribution in [1.29, 1.82) is 0 Å². The summed E-state index contributed by atoms with van der Waals surface area (Å²) in [6.45, 7) is 3.46. The molecule has 1 amide bonds. The van der Waals surface area contributed by atoms with E-state index >= 15 is 0 Å². The number of amides is 1. The van der Waals surface area contributed by atoms with Crippen LogP contribution in [0.25, 0.3) is 0 Å². The molecule has 2 rings (SSSR count). The van der Waals surface area contributed by atoms with Crippen LogP contribution in [0, 0.1) is 18.8 Å². The van der Waals surface area contributed by atoms with Gasteiger partial charge in [0, 0.05) is 26.6 Å². The molecule has 1 fully saturated rings. The van der Waals surface area contributed by atoms with Crippen molar-refractivity contribution in [3.8, 4) is 11.8 Å². The van der Waals surface area contributed by atoms with Gasteiger partial charge in [0.1, 0.15) is 0 Å². The molecule has 1 aromatic rings. The predicted molar refractivity (Wildman–Crippen MR) is 83.6 cm³/mol. The zero-order valence-electron chi connectivity index (χ0n) is 12.5. The molecule has 2 heterocycles. The third kappa shape index (κ3) is 4.31. The number of likely N-dealkylation sites (N-methyl/N-ethyl adjacent to an activating group) is 1. The van der Waals surface area contributed by atoms with Gasteiger partial charge in [-0.15, -0.1) is 11.3 Å². The van der Waals surface area contributed by atoms with Gasteiger partial charge in [0.15, 0.2) is 0 Å². The van der Waals surface area contributed by atoms with Crippen molar-refractivity contribution >= 4 is 17.2 Å². The molecule has 1 unspecified atom stereocenters. The number of carbonyl (C=O) groups is 1. The zero-order chi connectivity index (χ0) is 15.2. The Morgan fingerprint density at radius 2 is 2.43 bits per heavy atom. The van der Waals surface area contributed by atoms with E-state index in [2.05, 4.69) is 11.8 Å². The Morgan fingerprint density at radius 1 is 1.62 bits per heavy atom. The van der Waals surface area contributed by atoms with Crippen LogP contribution in [0.15, 0.2) is 6.07 Å². The van der Waals surface area contributed by atoms with Crippen LogP contribution in [0.1, 0.15) is 39.4 Å². The number of hydrogen-bond acceptors (Lipinski definition) is 4. The lowest BCUT2D eigenvalue weighted by Crippen LogP contribution is -2.33. The summed E-state index contributed by atoms with van der Waals surface area (Å²) in [7, 11) is 1.82. The number of nitrogens with zero attached hydrogens (tertiary/aromatic N) is 1. The summed E-state index contributed by atoms with van der Waals surface area (Å²) in [6, 6.07) is 1.89. The molecule has 1 atom stereocenters. The second-order valence-electron chi connectivity index (χ2n) is 5.22. The molecule has 1 saturated heterocycles. The second-order valence-corrected chi connectivity index (χ2v) is 6.27. The van der Waals surface area contributed by atoms with Crippen LogP contribution in [0.2, 0.25) is 0 Å². The second kappa shape index (κ2) is 7.60. The van der Waals surface area contributed by atoms with E-state index in [1.807, 2.05) is 20.0 Å². The van der Waals surface area contributed by atoms with Gasteiger partial charge in [-0.2, -0.15) is 0 Å². The Hall–Kier alpha value is -1.35. The lowest BCUT2D eigenvalue weighted by Gasteiger charge is -2.20. The molecular weight excluding hydrogens is 286 g/mol. The summed E-state index contributed by atoms with van der Waals surface area (Å²) >= 11 is 1.42. The zero-order valence-corrected chi connectivity index (χ0v) is 13.3. The van der Waals surface area contributed by atoms with Gasteiger partial charge in [0.05, 0.1) is 22.5 Å². The SMILES string of the molecule is Cc1cc(C(=O)N(C)CC2CCCO2)sc1C#CCCO. The first-order chi connectivity index (χ1) is 10.1. The fourth-order valence-corrected chi connectivity index (χ4v) is 3.32. The van der Waals surface area contributed by atoms with Gasteiger partial charge in [-0.05, 0) is 31.4 Å². The first kappa shape index (κ1) is 16.0. The number of thiophene rings is 1. The number of rotatable bonds is 4. The van der Waals surface area contributed by atoms with Gasteiger partial charge in [-0.1, -0.05) is 11.8 Å². The topological polar surface area (TPSA) is 49.8 Å². The van der Waals surface area contributed by atoms with Crippen LogP contribution < -0.4 is 0 Å². The van der Waals surface area contributed by atoms with E-state index in [1.54, 1.807) is 4.90 Å². The van der Waals surface area contributed by atoms with Crippen molar-refractivity contribution < 1.29 is 14.6 Å². The van der Waals surface area contributed by atoms with Crippen molar-refractivity contribution in [2.24, 2.45) is 0 Å². The summed E-state index contributed by atoms with van der Waals surface area (Å²) in [5, 5.41) is 8.74. The maximum atomic E-state index is 12.4. The normalized spacial score (nSPS) is 17.4. The minimum Gasteiger partial charge on any atom is -0.395 e. The number of aliphatic hydroxyl groups excluding tert-OH is 1. The van der Waals surface area contributed by atoms with Crippen LogP contribution in [0.5, 0.6) is 0 Å². The molecule has 0 spiro atoms. The van der Waals surface area contributed by atoms with Crippen molar-refractivity contribution in [1.82, 2.24) is 4.90 Å². The predicted octanol–water partition coefficient (Wildman–Crippen LogP) is 2.04. The monoisotopic (exact) mass is 307 g/mol. The maximum absolute atomic E-state index is 12.4. The van der Waals surface area contributed by atoms with Gasteiger partial charge >= 0.3 is 0 Å². The Morgan fingerprint density at radius 3 is 3.10 bits per heavy atom. The van der Waals surface area contributed by atoms with E-state index in [0.717, 1.165) is 29.9 Å². The highest BCUT2D eigenvalue weighted by Gasteiger charge is 2.22. The highest BCUT2D eigenvalue weighted by Crippen LogP contribution is 2.23. The number of ether oxygens (including phenoxy) is 1. The van der Waals surface area contributed by atoms with Crippen LogP contribution in [-0.4, -0.2) is 48.8 Å². The summed E-state index contributed by atoms with van der Waals surface area (Å²) in [5.41, 5.74) is 1.01. The molecule has 0 saturated carbocycles. The van der Waals surface area contributed by atoms with Crippen molar-refractivity contribution in [2.45, 2.75) is 32.3 Å². The van der Waals surface area contributed by atoms with E-state index in [1.165, 1.54) is 11.3 Å². The minimum atomic E-state index is 0.0220. The highest BCUT2D eigenvalue weighted by molar-refractivity contribution is 7.14. The van der Waals surface area contributed by atoms with Crippen molar-refractivity contribution in [2.75, 3.05) is 26.8 Å². The molecule has 0 radical (unpaired) electrons. The average molecular weight is 307 g/mol. The lowest BCUT2D eigenvalue weighted by molar-refractivity contribution is 0.0590. The number of aliphatic hydroxyl groups is 1. The molecule has 5 heteroatoms. The Balaban J connectivity index is 2.01. The first-order valence-electron chi connectivity index (χ1n) is 7.19. The molecular formula is C16H21NO3S. The molecule has 1 N–H and O–H groups in total. The maximum Gasteiger partial charge on any atom is 0.263 e. The summed E-state index contributed by atoms with van der Waals surface area (Å²) in [6.07, 6.45) is 2.73. The molecule has 114 valence electrons. The molecule has 4 nitrogen and oxygen atoms in total. The van der Waals surface area contributed by atoms with E-state index in [9.17, 15) is 4.79 Å². The van der Waals surface area contributed by atoms with Crippen LogP contribution in [-0.2, 0) is 4.74 Å². The van der Waals surface area contributed by atoms with Gasteiger partial charge in [0.2, 0.25) is 0 Å². The number of carbonyl (C=O) groups excluding carboxylic acids is 1. The van der Waals surface area contributed by atoms with Gasteiger partial charge in [0.25, 0.3) is 5.91 Å². The van der Waals surface area contributed by atoms with Gasteiger partial charge < -0.3 is 14.7 Å². The van der Waals surface area contributed by atoms with Gasteiger partial charge in [-0.3, -0.25) is 4.79 Å². The summed E-state index contributed by atoms with van der Waals surface area (Å²) in [4.78, 5) is 15.8. The standard InChI is InChI=1S/C16H21NO3S/c1-12-10-15(21-14(12)7-3-4-8-18)16(19)17(2)11-13-6-5-9-20-13/h10,13,18H,4-6,8-9,11H2,1-2H3. The molecule has 0 aliphatic carbocycles. The summed E-state index contributed by atoms with van der Waals surface area (Å²) in [5.74, 6) is 5.93. The van der Waals surface area contributed by atoms with Crippen LogP contribution in [0.4, 0.5) is 0 Å². The third-order valence-electron chi connectivity index (χ3n) is 3.42. The molecule has 0 bridgehead atoms. The molecule has 1 aliphatic heterocycles. The van der Waals surface area contributed by atoms with Crippen molar-refractivity contribution in [3.63, 3.8) is 0 Å². The molecule has 1 aliphatic rings. The Kier molecular flexibility index (Phi) is 5.80.